The summed E-state index contributed by atoms with van der Waals surface area (Å²) < 4.78 is 2.22. The fraction of sp³-hybridized carbons (Fsp3) is 0.727. The molecule has 0 atom stereocenters. The second-order valence-corrected chi connectivity index (χ2v) is 4.47. The van der Waals surface area contributed by atoms with Crippen molar-refractivity contribution in [3.8, 4) is 0 Å². The van der Waals surface area contributed by atoms with E-state index >= 15 is 0 Å². The molecule has 3 nitrogen and oxygen atoms in total. The first-order valence-corrected chi connectivity index (χ1v) is 5.32. The Hall–Kier alpha value is -0.830. The Labute approximate surface area is 86.5 Å². The van der Waals surface area contributed by atoms with Crippen LogP contribution in [0.3, 0.4) is 0 Å². The molecule has 1 N–H and O–H groups in total. The molecule has 3 heteroatoms. The highest BCUT2D eigenvalue weighted by molar-refractivity contribution is 4.98. The van der Waals surface area contributed by atoms with Crippen LogP contribution in [0.15, 0.2) is 12.5 Å². The van der Waals surface area contributed by atoms with Crippen molar-refractivity contribution < 1.29 is 0 Å². The second-order valence-electron chi connectivity index (χ2n) is 4.47. The normalized spacial score (nSPS) is 11.6. The number of hydrogen-bond donors (Lipinski definition) is 1. The zero-order valence-corrected chi connectivity index (χ0v) is 9.62. The molecule has 0 aromatic carbocycles. The van der Waals surface area contributed by atoms with Crippen molar-refractivity contribution in [3.63, 3.8) is 0 Å². The fourth-order valence-electron chi connectivity index (χ4n) is 1.36. The Balaban J connectivity index is 2.53. The molecule has 0 unspecified atom stereocenters. The van der Waals surface area contributed by atoms with E-state index in [1.807, 2.05) is 12.5 Å². The molecule has 0 bridgehead atoms. The van der Waals surface area contributed by atoms with Gasteiger partial charge in [0.2, 0.25) is 0 Å². The van der Waals surface area contributed by atoms with E-state index in [1.165, 1.54) is 5.69 Å². The van der Waals surface area contributed by atoms with Crippen LogP contribution in [0, 0.1) is 5.92 Å². The number of rotatable bonds is 5. The third kappa shape index (κ3) is 3.50. The maximum Gasteiger partial charge on any atom is 0.0948 e. The highest BCUT2D eigenvalue weighted by atomic mass is 15.1. The van der Waals surface area contributed by atoms with Crippen LogP contribution >= 0.6 is 0 Å². The lowest BCUT2D eigenvalue weighted by Crippen LogP contribution is -2.23. The molecule has 0 aliphatic rings. The predicted octanol–water partition coefficient (Wildman–Crippen LogP) is 2.04. The van der Waals surface area contributed by atoms with Gasteiger partial charge in [0.1, 0.15) is 0 Å². The summed E-state index contributed by atoms with van der Waals surface area (Å²) in [6, 6.07) is 0.525. The first kappa shape index (κ1) is 11.2. The molecule has 0 aliphatic heterocycles. The zero-order chi connectivity index (χ0) is 10.6. The van der Waals surface area contributed by atoms with Gasteiger partial charge >= 0.3 is 0 Å². The van der Waals surface area contributed by atoms with E-state index in [0.717, 1.165) is 13.1 Å². The van der Waals surface area contributed by atoms with Gasteiger partial charge in [-0.05, 0) is 5.92 Å². The summed E-state index contributed by atoms with van der Waals surface area (Å²) in [7, 11) is 0. The Bertz CT molecular complexity index is 263. The number of imidazole rings is 1. The van der Waals surface area contributed by atoms with E-state index in [-0.39, 0.29) is 0 Å². The van der Waals surface area contributed by atoms with Crippen LogP contribution in [0.2, 0.25) is 0 Å². The lowest BCUT2D eigenvalue weighted by molar-refractivity contribution is 0.491. The summed E-state index contributed by atoms with van der Waals surface area (Å²) in [4.78, 5) is 4.18. The Morgan fingerprint density at radius 2 is 2.07 bits per heavy atom. The van der Waals surface area contributed by atoms with Gasteiger partial charge in [-0.25, -0.2) is 4.98 Å². The summed E-state index contributed by atoms with van der Waals surface area (Å²) in [6.07, 6.45) is 3.86. The van der Waals surface area contributed by atoms with Crippen LogP contribution in [0.1, 0.15) is 33.4 Å². The van der Waals surface area contributed by atoms with Gasteiger partial charge in [0, 0.05) is 25.3 Å². The Kier molecular flexibility index (Phi) is 4.14. The van der Waals surface area contributed by atoms with Crippen molar-refractivity contribution >= 4 is 0 Å². The largest absolute Gasteiger partial charge is 0.333 e. The average Bonchev–Trinajstić information content (AvgIpc) is 2.47. The van der Waals surface area contributed by atoms with E-state index in [0.29, 0.717) is 12.0 Å². The molecule has 1 rings (SSSR count). The van der Waals surface area contributed by atoms with Crippen molar-refractivity contribution in [2.75, 3.05) is 0 Å². The number of nitrogens with one attached hydrogen (secondary N) is 1. The van der Waals surface area contributed by atoms with E-state index in [9.17, 15) is 0 Å². The third-order valence-electron chi connectivity index (χ3n) is 2.05. The molecule has 1 aromatic heterocycles. The SMILES string of the molecule is CC(C)Cn1cncc1CNC(C)C. The van der Waals surface area contributed by atoms with Gasteiger partial charge in [0.25, 0.3) is 0 Å². The maximum atomic E-state index is 4.18. The Morgan fingerprint density at radius 3 is 2.64 bits per heavy atom. The predicted molar refractivity (Wildman–Crippen MR) is 59.0 cm³/mol. The lowest BCUT2D eigenvalue weighted by Gasteiger charge is -2.12. The van der Waals surface area contributed by atoms with Gasteiger partial charge in [0.05, 0.1) is 12.0 Å². The lowest BCUT2D eigenvalue weighted by atomic mass is 10.2. The number of nitrogens with zero attached hydrogens (tertiary/aromatic N) is 2. The molecular weight excluding hydrogens is 174 g/mol. The zero-order valence-electron chi connectivity index (χ0n) is 9.62. The van der Waals surface area contributed by atoms with Crippen LogP contribution in [0.25, 0.3) is 0 Å². The molecule has 14 heavy (non-hydrogen) atoms. The standard InChI is InChI=1S/C11H21N3/c1-9(2)7-14-8-12-5-11(14)6-13-10(3)4/h5,8-10,13H,6-7H2,1-4H3. The van der Waals surface area contributed by atoms with Crippen LogP contribution in [-0.2, 0) is 13.1 Å². The Morgan fingerprint density at radius 1 is 1.36 bits per heavy atom. The van der Waals surface area contributed by atoms with Gasteiger partial charge < -0.3 is 9.88 Å². The summed E-state index contributed by atoms with van der Waals surface area (Å²) >= 11 is 0. The molecule has 0 fully saturated rings. The van der Waals surface area contributed by atoms with Crippen LogP contribution in [-0.4, -0.2) is 15.6 Å². The van der Waals surface area contributed by atoms with E-state index < -0.39 is 0 Å². The van der Waals surface area contributed by atoms with E-state index in [2.05, 4.69) is 42.6 Å². The van der Waals surface area contributed by atoms with Crippen molar-refractivity contribution in [3.05, 3.63) is 18.2 Å². The molecule has 0 radical (unpaired) electrons. The average molecular weight is 195 g/mol. The quantitative estimate of drug-likeness (QED) is 0.779. The van der Waals surface area contributed by atoms with Gasteiger partial charge in [-0.15, -0.1) is 0 Å². The maximum absolute atomic E-state index is 4.18. The van der Waals surface area contributed by atoms with Crippen molar-refractivity contribution in [2.24, 2.45) is 5.92 Å². The molecule has 0 amide bonds. The van der Waals surface area contributed by atoms with Gasteiger partial charge in [0.15, 0.2) is 0 Å². The third-order valence-corrected chi connectivity index (χ3v) is 2.05. The molecule has 0 saturated heterocycles. The van der Waals surface area contributed by atoms with Gasteiger partial charge in [-0.2, -0.15) is 0 Å². The minimum atomic E-state index is 0.525. The van der Waals surface area contributed by atoms with Crippen LogP contribution in [0.5, 0.6) is 0 Å². The first-order chi connectivity index (χ1) is 6.59. The number of hydrogen-bond acceptors (Lipinski definition) is 2. The summed E-state index contributed by atoms with van der Waals surface area (Å²) in [6.45, 7) is 10.7. The molecule has 0 saturated carbocycles. The van der Waals surface area contributed by atoms with Crippen molar-refractivity contribution in [2.45, 2.75) is 46.8 Å². The van der Waals surface area contributed by atoms with Crippen LogP contribution < -0.4 is 5.32 Å². The number of aromatic nitrogens is 2. The minimum absolute atomic E-state index is 0.525. The van der Waals surface area contributed by atoms with E-state index in [4.69, 9.17) is 0 Å². The fourth-order valence-corrected chi connectivity index (χ4v) is 1.36. The smallest absolute Gasteiger partial charge is 0.0948 e. The summed E-state index contributed by atoms with van der Waals surface area (Å²) in [5.41, 5.74) is 1.27. The van der Waals surface area contributed by atoms with Crippen molar-refractivity contribution in [1.82, 2.24) is 14.9 Å². The summed E-state index contributed by atoms with van der Waals surface area (Å²) in [5, 5.41) is 3.40. The molecule has 0 aliphatic carbocycles. The van der Waals surface area contributed by atoms with Gasteiger partial charge in [-0.1, -0.05) is 27.7 Å². The van der Waals surface area contributed by atoms with Crippen LogP contribution in [0.4, 0.5) is 0 Å². The molecule has 0 spiro atoms. The molecular formula is C11H21N3. The molecule has 80 valence electrons. The van der Waals surface area contributed by atoms with Crippen molar-refractivity contribution in [1.29, 1.82) is 0 Å². The monoisotopic (exact) mass is 195 g/mol. The highest BCUT2D eigenvalue weighted by Gasteiger charge is 2.03. The summed E-state index contributed by atoms with van der Waals surface area (Å²) in [5.74, 6) is 0.669. The minimum Gasteiger partial charge on any atom is -0.333 e. The van der Waals surface area contributed by atoms with Gasteiger partial charge in [-0.3, -0.25) is 0 Å². The second kappa shape index (κ2) is 5.15. The first-order valence-electron chi connectivity index (χ1n) is 5.32. The topological polar surface area (TPSA) is 29.9 Å². The molecule has 1 heterocycles. The van der Waals surface area contributed by atoms with E-state index in [1.54, 1.807) is 0 Å². The highest BCUT2D eigenvalue weighted by Crippen LogP contribution is 2.04. The molecule has 1 aromatic rings.